The van der Waals surface area contributed by atoms with Crippen LogP contribution in [0.2, 0.25) is 0 Å². The average molecular weight is 288 g/mol. The molecular weight excluding hydrogens is 264 g/mol. The smallest absolute Gasteiger partial charge is 0.123 e. The van der Waals surface area contributed by atoms with Crippen LogP contribution in [-0.4, -0.2) is 16.4 Å². The van der Waals surface area contributed by atoms with E-state index in [1.54, 1.807) is 0 Å². The first-order valence-corrected chi connectivity index (χ1v) is 7.27. The third kappa shape index (κ3) is 3.68. The van der Waals surface area contributed by atoms with E-state index in [9.17, 15) is 0 Å². The third-order valence-electron chi connectivity index (χ3n) is 3.53. The lowest BCUT2D eigenvalue weighted by Gasteiger charge is -2.11. The normalized spacial score (nSPS) is 10.7. The molecule has 0 bridgehead atoms. The number of aryl methyl sites for hydroxylation is 2. The zero-order valence-corrected chi connectivity index (χ0v) is 13.2. The molecule has 1 heterocycles. The van der Waals surface area contributed by atoms with Crippen LogP contribution in [0.1, 0.15) is 30.3 Å². The molecule has 0 aliphatic heterocycles. The predicted molar refractivity (Wildman–Crippen MR) is 86.6 cm³/mol. The summed E-state index contributed by atoms with van der Waals surface area (Å²) in [7, 11) is 1.96. The van der Waals surface area contributed by atoms with Crippen molar-refractivity contribution in [2.45, 2.75) is 33.7 Å². The van der Waals surface area contributed by atoms with Gasteiger partial charge in [-0.1, -0.05) is 6.92 Å². The Balaban J connectivity index is 2.10. The number of hydrogen-bond donors (Lipinski definition) is 2. The van der Waals surface area contributed by atoms with E-state index in [4.69, 9.17) is 10.5 Å². The Morgan fingerprint density at radius 3 is 2.67 bits per heavy atom. The number of hydrogen-bond acceptors (Lipinski definition) is 4. The fraction of sp³-hybridized carbons (Fsp3) is 0.438. The van der Waals surface area contributed by atoms with Crippen molar-refractivity contribution in [1.82, 2.24) is 9.78 Å². The van der Waals surface area contributed by atoms with Gasteiger partial charge >= 0.3 is 0 Å². The van der Waals surface area contributed by atoms with Gasteiger partial charge in [-0.15, -0.1) is 0 Å². The first-order chi connectivity index (χ1) is 10.0. The van der Waals surface area contributed by atoms with E-state index in [1.165, 1.54) is 11.3 Å². The molecule has 0 unspecified atom stereocenters. The zero-order chi connectivity index (χ0) is 15.4. The summed E-state index contributed by atoms with van der Waals surface area (Å²) >= 11 is 0. The van der Waals surface area contributed by atoms with E-state index >= 15 is 0 Å². The Labute approximate surface area is 126 Å². The number of ether oxygens (including phenoxy) is 1. The van der Waals surface area contributed by atoms with Gasteiger partial charge in [-0.3, -0.25) is 4.68 Å². The third-order valence-corrected chi connectivity index (χ3v) is 3.53. The van der Waals surface area contributed by atoms with Gasteiger partial charge in [0.1, 0.15) is 5.75 Å². The molecule has 5 nitrogen and oxygen atoms in total. The van der Waals surface area contributed by atoms with Gasteiger partial charge in [0, 0.05) is 48.4 Å². The quantitative estimate of drug-likeness (QED) is 0.802. The summed E-state index contributed by atoms with van der Waals surface area (Å²) in [5, 5.41) is 7.83. The summed E-state index contributed by atoms with van der Waals surface area (Å²) in [6.45, 7) is 7.61. The van der Waals surface area contributed by atoms with Gasteiger partial charge in [0.05, 0.1) is 12.3 Å². The first-order valence-electron chi connectivity index (χ1n) is 7.27. The Bertz CT molecular complexity index is 619. The molecule has 0 saturated heterocycles. The van der Waals surface area contributed by atoms with E-state index in [0.29, 0.717) is 12.3 Å². The highest BCUT2D eigenvalue weighted by Gasteiger charge is 2.09. The van der Waals surface area contributed by atoms with E-state index in [1.807, 2.05) is 36.9 Å². The maximum atomic E-state index is 5.93. The Kier molecular flexibility index (Phi) is 4.73. The molecule has 0 saturated carbocycles. The predicted octanol–water partition coefficient (Wildman–Crippen LogP) is 3.02. The van der Waals surface area contributed by atoms with Gasteiger partial charge in [-0.25, -0.2) is 0 Å². The topological polar surface area (TPSA) is 65.1 Å². The molecule has 114 valence electrons. The standard InChI is InChI=1S/C16H24N4O/c1-5-6-21-15-8-13(17)7-14(9-15)18-10-16-11(2)19-20(4)12(16)3/h7-9,18H,5-6,10,17H2,1-4H3. The molecule has 5 heteroatoms. The minimum Gasteiger partial charge on any atom is -0.493 e. The van der Waals surface area contributed by atoms with Crippen molar-refractivity contribution >= 4 is 11.4 Å². The van der Waals surface area contributed by atoms with Crippen molar-refractivity contribution in [3.05, 3.63) is 35.2 Å². The van der Waals surface area contributed by atoms with Crippen LogP contribution in [0.3, 0.4) is 0 Å². The molecule has 0 radical (unpaired) electrons. The summed E-state index contributed by atoms with van der Waals surface area (Å²) < 4.78 is 7.55. The Morgan fingerprint density at radius 2 is 2.05 bits per heavy atom. The number of nitrogens with one attached hydrogen (secondary N) is 1. The number of rotatable bonds is 6. The maximum absolute atomic E-state index is 5.93. The number of nitrogens with zero attached hydrogens (tertiary/aromatic N) is 2. The lowest BCUT2D eigenvalue weighted by Crippen LogP contribution is -2.04. The van der Waals surface area contributed by atoms with Crippen LogP contribution in [0.25, 0.3) is 0 Å². The molecular formula is C16H24N4O. The van der Waals surface area contributed by atoms with Gasteiger partial charge in [0.25, 0.3) is 0 Å². The highest BCUT2D eigenvalue weighted by Crippen LogP contribution is 2.24. The van der Waals surface area contributed by atoms with Gasteiger partial charge in [0.15, 0.2) is 0 Å². The minimum absolute atomic E-state index is 0.698. The molecule has 0 aliphatic carbocycles. The fourth-order valence-electron chi connectivity index (χ4n) is 2.29. The van der Waals surface area contributed by atoms with Crippen LogP contribution in [0.15, 0.2) is 18.2 Å². The number of aromatic nitrogens is 2. The second-order valence-corrected chi connectivity index (χ2v) is 5.27. The van der Waals surface area contributed by atoms with Crippen molar-refractivity contribution in [1.29, 1.82) is 0 Å². The van der Waals surface area contributed by atoms with Gasteiger partial charge < -0.3 is 15.8 Å². The van der Waals surface area contributed by atoms with Crippen molar-refractivity contribution in [2.75, 3.05) is 17.7 Å². The van der Waals surface area contributed by atoms with E-state index in [0.717, 1.165) is 30.1 Å². The number of benzene rings is 1. The van der Waals surface area contributed by atoms with Crippen molar-refractivity contribution in [2.24, 2.45) is 7.05 Å². The van der Waals surface area contributed by atoms with Crippen LogP contribution < -0.4 is 15.8 Å². The molecule has 1 aromatic heterocycles. The van der Waals surface area contributed by atoms with Crippen LogP contribution in [0, 0.1) is 13.8 Å². The minimum atomic E-state index is 0.698. The molecule has 0 fully saturated rings. The number of anilines is 2. The molecule has 0 aliphatic rings. The lowest BCUT2D eigenvalue weighted by molar-refractivity contribution is 0.318. The highest BCUT2D eigenvalue weighted by molar-refractivity contribution is 5.59. The number of nitrogen functional groups attached to an aromatic ring is 1. The second kappa shape index (κ2) is 6.52. The summed E-state index contributed by atoms with van der Waals surface area (Å²) in [6.07, 6.45) is 0.978. The van der Waals surface area contributed by atoms with E-state index < -0.39 is 0 Å². The summed E-state index contributed by atoms with van der Waals surface area (Å²) in [6, 6.07) is 5.74. The van der Waals surface area contributed by atoms with Gasteiger partial charge in [-0.2, -0.15) is 5.10 Å². The Hall–Kier alpha value is -2.17. The number of nitrogens with two attached hydrogens (primary N) is 1. The van der Waals surface area contributed by atoms with Crippen molar-refractivity contribution in [3.63, 3.8) is 0 Å². The van der Waals surface area contributed by atoms with Crippen molar-refractivity contribution in [3.8, 4) is 5.75 Å². The molecule has 0 atom stereocenters. The molecule has 0 spiro atoms. The molecule has 21 heavy (non-hydrogen) atoms. The maximum Gasteiger partial charge on any atom is 0.123 e. The summed E-state index contributed by atoms with van der Waals surface area (Å²) in [5.74, 6) is 0.805. The van der Waals surface area contributed by atoms with Crippen LogP contribution in [0.5, 0.6) is 5.75 Å². The first kappa shape index (κ1) is 15.2. The summed E-state index contributed by atoms with van der Waals surface area (Å²) in [4.78, 5) is 0. The molecule has 2 aromatic rings. The average Bonchev–Trinajstić information content (AvgIpc) is 2.67. The molecule has 2 rings (SSSR count). The highest BCUT2D eigenvalue weighted by atomic mass is 16.5. The van der Waals surface area contributed by atoms with E-state index in [-0.39, 0.29) is 0 Å². The van der Waals surface area contributed by atoms with Crippen LogP contribution >= 0.6 is 0 Å². The second-order valence-electron chi connectivity index (χ2n) is 5.27. The van der Waals surface area contributed by atoms with E-state index in [2.05, 4.69) is 24.3 Å². The molecule has 1 aromatic carbocycles. The monoisotopic (exact) mass is 288 g/mol. The summed E-state index contributed by atoms with van der Waals surface area (Å²) in [5.41, 5.74) is 11.0. The fourth-order valence-corrected chi connectivity index (χ4v) is 2.29. The molecule has 0 amide bonds. The van der Waals surface area contributed by atoms with Crippen molar-refractivity contribution < 1.29 is 4.74 Å². The molecule has 3 N–H and O–H groups in total. The van der Waals surface area contributed by atoms with Crippen LogP contribution in [-0.2, 0) is 13.6 Å². The van der Waals surface area contributed by atoms with Crippen LogP contribution in [0.4, 0.5) is 11.4 Å². The van der Waals surface area contributed by atoms with Gasteiger partial charge in [0.2, 0.25) is 0 Å². The largest absolute Gasteiger partial charge is 0.493 e. The lowest BCUT2D eigenvalue weighted by atomic mass is 10.2. The zero-order valence-electron chi connectivity index (χ0n) is 13.2. The van der Waals surface area contributed by atoms with Gasteiger partial charge in [-0.05, 0) is 26.3 Å². The Morgan fingerprint density at radius 1 is 1.29 bits per heavy atom. The SMILES string of the molecule is CCCOc1cc(N)cc(NCc2c(C)nn(C)c2C)c1.